The first-order valence-electron chi connectivity index (χ1n) is 5.12. The second kappa shape index (κ2) is 3.56. The highest BCUT2D eigenvalue weighted by Crippen LogP contribution is 2.41. The van der Waals surface area contributed by atoms with Gasteiger partial charge in [-0.1, -0.05) is 17.7 Å². The molecule has 14 heavy (non-hydrogen) atoms. The lowest BCUT2D eigenvalue weighted by Gasteiger charge is -2.15. The second-order valence-electron chi connectivity index (χ2n) is 4.32. The molecular formula is C12H16ClN. The first kappa shape index (κ1) is 10.0. The van der Waals surface area contributed by atoms with Crippen molar-refractivity contribution < 1.29 is 0 Å². The van der Waals surface area contributed by atoms with E-state index in [4.69, 9.17) is 17.3 Å². The molecule has 1 atom stereocenters. The van der Waals surface area contributed by atoms with E-state index in [9.17, 15) is 0 Å². The van der Waals surface area contributed by atoms with Gasteiger partial charge >= 0.3 is 0 Å². The lowest BCUT2D eigenvalue weighted by Crippen LogP contribution is -2.14. The summed E-state index contributed by atoms with van der Waals surface area (Å²) in [6.07, 6.45) is 2.56. The average Bonchev–Trinajstić information content (AvgIpc) is 2.93. The maximum Gasteiger partial charge on any atom is 0.0438 e. The zero-order chi connectivity index (χ0) is 10.3. The normalized spacial score (nSPS) is 18.3. The summed E-state index contributed by atoms with van der Waals surface area (Å²) >= 11 is 6.04. The van der Waals surface area contributed by atoms with Gasteiger partial charge in [0.15, 0.2) is 0 Å². The minimum absolute atomic E-state index is 0.214. The standard InChI is InChI=1S/C12H16ClN/c1-7-6-11(13)8(2)5-10(7)12(14)9-3-4-9/h5-6,9,12H,3-4,14H2,1-2H3. The van der Waals surface area contributed by atoms with Gasteiger partial charge in [-0.15, -0.1) is 0 Å². The summed E-state index contributed by atoms with van der Waals surface area (Å²) in [4.78, 5) is 0. The minimum atomic E-state index is 0.214. The third kappa shape index (κ3) is 1.79. The Hall–Kier alpha value is -0.530. The van der Waals surface area contributed by atoms with Gasteiger partial charge in [-0.2, -0.15) is 0 Å². The van der Waals surface area contributed by atoms with Gasteiger partial charge < -0.3 is 5.73 Å². The number of nitrogens with two attached hydrogens (primary N) is 1. The van der Waals surface area contributed by atoms with Gasteiger partial charge in [0.1, 0.15) is 0 Å². The van der Waals surface area contributed by atoms with Gasteiger partial charge in [0.25, 0.3) is 0 Å². The highest BCUT2D eigenvalue weighted by Gasteiger charge is 2.30. The predicted octanol–water partition coefficient (Wildman–Crippen LogP) is 3.37. The fraction of sp³-hybridized carbons (Fsp3) is 0.500. The van der Waals surface area contributed by atoms with Crippen molar-refractivity contribution in [3.63, 3.8) is 0 Å². The van der Waals surface area contributed by atoms with E-state index in [1.165, 1.54) is 24.0 Å². The summed E-state index contributed by atoms with van der Waals surface area (Å²) in [5.41, 5.74) is 9.80. The first-order chi connectivity index (χ1) is 6.59. The van der Waals surface area contributed by atoms with Crippen LogP contribution in [0.3, 0.4) is 0 Å². The Balaban J connectivity index is 2.36. The molecule has 0 bridgehead atoms. The Bertz CT molecular complexity index is 356. The Morgan fingerprint density at radius 3 is 2.50 bits per heavy atom. The second-order valence-corrected chi connectivity index (χ2v) is 4.73. The SMILES string of the molecule is Cc1cc(C(N)C2CC2)c(C)cc1Cl. The topological polar surface area (TPSA) is 26.0 Å². The summed E-state index contributed by atoms with van der Waals surface area (Å²) in [6.45, 7) is 4.12. The highest BCUT2D eigenvalue weighted by atomic mass is 35.5. The van der Waals surface area contributed by atoms with Crippen molar-refractivity contribution in [1.82, 2.24) is 0 Å². The Morgan fingerprint density at radius 2 is 1.93 bits per heavy atom. The van der Waals surface area contributed by atoms with Gasteiger partial charge in [0, 0.05) is 11.1 Å². The molecule has 2 N–H and O–H groups in total. The zero-order valence-electron chi connectivity index (χ0n) is 8.68. The zero-order valence-corrected chi connectivity index (χ0v) is 9.43. The Kier molecular flexibility index (Phi) is 2.54. The van der Waals surface area contributed by atoms with E-state index in [0.29, 0.717) is 5.92 Å². The summed E-state index contributed by atoms with van der Waals surface area (Å²) < 4.78 is 0. The third-order valence-corrected chi connectivity index (χ3v) is 3.44. The van der Waals surface area contributed by atoms with Crippen LogP contribution < -0.4 is 5.73 Å². The van der Waals surface area contributed by atoms with Crippen LogP contribution in [0.2, 0.25) is 5.02 Å². The molecule has 0 aromatic heterocycles. The van der Waals surface area contributed by atoms with Gasteiger partial charge in [-0.3, -0.25) is 0 Å². The highest BCUT2D eigenvalue weighted by molar-refractivity contribution is 6.31. The smallest absolute Gasteiger partial charge is 0.0438 e. The van der Waals surface area contributed by atoms with Gasteiger partial charge in [-0.05, 0) is 55.4 Å². The van der Waals surface area contributed by atoms with Crippen LogP contribution in [0.25, 0.3) is 0 Å². The maximum absolute atomic E-state index is 6.18. The minimum Gasteiger partial charge on any atom is -0.324 e. The van der Waals surface area contributed by atoms with Crippen molar-refractivity contribution in [3.05, 3.63) is 33.8 Å². The molecule has 1 aliphatic rings. The van der Waals surface area contributed by atoms with Crippen LogP contribution in [0.4, 0.5) is 0 Å². The van der Waals surface area contributed by atoms with Crippen molar-refractivity contribution in [1.29, 1.82) is 0 Å². The molecule has 0 radical (unpaired) electrons. The Labute approximate surface area is 90.3 Å². The fourth-order valence-corrected chi connectivity index (χ4v) is 2.09. The molecule has 0 aliphatic heterocycles. The van der Waals surface area contributed by atoms with Crippen molar-refractivity contribution in [2.45, 2.75) is 32.7 Å². The lowest BCUT2D eigenvalue weighted by molar-refractivity contribution is 0.629. The molecule has 0 saturated heterocycles. The molecule has 1 saturated carbocycles. The molecule has 1 aliphatic carbocycles. The Morgan fingerprint density at radius 1 is 1.29 bits per heavy atom. The van der Waals surface area contributed by atoms with Crippen molar-refractivity contribution in [2.24, 2.45) is 11.7 Å². The third-order valence-electron chi connectivity index (χ3n) is 3.04. The van der Waals surface area contributed by atoms with E-state index < -0.39 is 0 Å². The van der Waals surface area contributed by atoms with E-state index >= 15 is 0 Å². The van der Waals surface area contributed by atoms with E-state index in [1.807, 2.05) is 13.0 Å². The summed E-state index contributed by atoms with van der Waals surface area (Å²) in [5.74, 6) is 0.703. The molecular weight excluding hydrogens is 194 g/mol. The summed E-state index contributed by atoms with van der Waals surface area (Å²) in [5, 5.41) is 0.842. The number of rotatable bonds is 2. The van der Waals surface area contributed by atoms with Gasteiger partial charge in [-0.25, -0.2) is 0 Å². The van der Waals surface area contributed by atoms with Crippen LogP contribution >= 0.6 is 11.6 Å². The molecule has 2 heteroatoms. The van der Waals surface area contributed by atoms with E-state index in [2.05, 4.69) is 13.0 Å². The van der Waals surface area contributed by atoms with E-state index in [1.54, 1.807) is 0 Å². The van der Waals surface area contributed by atoms with E-state index in [-0.39, 0.29) is 6.04 Å². The first-order valence-corrected chi connectivity index (χ1v) is 5.49. The number of hydrogen-bond acceptors (Lipinski definition) is 1. The van der Waals surface area contributed by atoms with Crippen molar-refractivity contribution in [3.8, 4) is 0 Å². The molecule has 0 amide bonds. The van der Waals surface area contributed by atoms with Crippen molar-refractivity contribution >= 4 is 11.6 Å². The largest absolute Gasteiger partial charge is 0.324 e. The van der Waals surface area contributed by atoms with E-state index in [0.717, 1.165) is 10.6 Å². The summed E-state index contributed by atoms with van der Waals surface area (Å²) in [6, 6.07) is 4.38. The molecule has 76 valence electrons. The fourth-order valence-electron chi connectivity index (χ4n) is 1.87. The average molecular weight is 210 g/mol. The number of halogens is 1. The van der Waals surface area contributed by atoms with Gasteiger partial charge in [0.05, 0.1) is 0 Å². The van der Waals surface area contributed by atoms with Crippen LogP contribution in [0, 0.1) is 19.8 Å². The van der Waals surface area contributed by atoms with Gasteiger partial charge in [0.2, 0.25) is 0 Å². The summed E-state index contributed by atoms with van der Waals surface area (Å²) in [7, 11) is 0. The van der Waals surface area contributed by atoms with Crippen LogP contribution in [-0.2, 0) is 0 Å². The maximum atomic E-state index is 6.18. The molecule has 1 aromatic carbocycles. The molecule has 1 nitrogen and oxygen atoms in total. The molecule has 1 aromatic rings. The van der Waals surface area contributed by atoms with Crippen LogP contribution in [0.5, 0.6) is 0 Å². The van der Waals surface area contributed by atoms with Crippen molar-refractivity contribution in [2.75, 3.05) is 0 Å². The van der Waals surface area contributed by atoms with Crippen LogP contribution in [0.15, 0.2) is 12.1 Å². The quantitative estimate of drug-likeness (QED) is 0.794. The molecule has 1 unspecified atom stereocenters. The number of hydrogen-bond donors (Lipinski definition) is 1. The van der Waals surface area contributed by atoms with Crippen LogP contribution in [0.1, 0.15) is 35.6 Å². The number of aryl methyl sites for hydroxylation is 2. The van der Waals surface area contributed by atoms with Crippen LogP contribution in [-0.4, -0.2) is 0 Å². The lowest BCUT2D eigenvalue weighted by atomic mass is 9.96. The predicted molar refractivity (Wildman–Crippen MR) is 60.6 cm³/mol. The number of benzene rings is 1. The molecule has 0 heterocycles. The molecule has 2 rings (SSSR count). The monoisotopic (exact) mass is 209 g/mol. The molecule has 1 fully saturated rings. The molecule has 0 spiro atoms.